The molecule has 0 aliphatic carbocycles. The number of nitrogens with zero attached hydrogens (tertiary/aromatic N) is 1. The number of hydrogen-bond acceptors (Lipinski definition) is 2. The standard InChI is InChI=1S/C11H14ClIN2O/c1-7(6-14)15(2)11(16)9-4-3-8(13)5-10(9)12/h3-5,7H,6,14H2,1-2H3. The second-order valence-electron chi connectivity index (χ2n) is 3.62. The minimum atomic E-state index is -0.0978. The molecule has 5 heteroatoms. The smallest absolute Gasteiger partial charge is 0.255 e. The summed E-state index contributed by atoms with van der Waals surface area (Å²) in [5, 5.41) is 0.480. The lowest BCUT2D eigenvalue weighted by atomic mass is 10.2. The lowest BCUT2D eigenvalue weighted by molar-refractivity contribution is 0.0748. The molecule has 1 aromatic rings. The van der Waals surface area contributed by atoms with Gasteiger partial charge in [-0.2, -0.15) is 0 Å². The van der Waals surface area contributed by atoms with Crippen LogP contribution in [0.1, 0.15) is 17.3 Å². The van der Waals surface area contributed by atoms with Crippen LogP contribution in [-0.2, 0) is 0 Å². The van der Waals surface area contributed by atoms with Gasteiger partial charge in [0.25, 0.3) is 5.91 Å². The predicted octanol–water partition coefficient (Wildman–Crippen LogP) is 2.36. The molecule has 0 saturated carbocycles. The Hall–Kier alpha value is -0.330. The highest BCUT2D eigenvalue weighted by Crippen LogP contribution is 2.20. The Balaban J connectivity index is 2.96. The van der Waals surface area contributed by atoms with Gasteiger partial charge in [-0.05, 0) is 47.7 Å². The third-order valence-electron chi connectivity index (χ3n) is 2.48. The summed E-state index contributed by atoms with van der Waals surface area (Å²) in [5.41, 5.74) is 6.04. The Kier molecular flexibility index (Phi) is 5.01. The number of rotatable bonds is 3. The van der Waals surface area contributed by atoms with Gasteiger partial charge in [0.05, 0.1) is 10.6 Å². The molecule has 0 heterocycles. The summed E-state index contributed by atoms with van der Waals surface area (Å²) in [7, 11) is 1.73. The zero-order valence-electron chi connectivity index (χ0n) is 9.21. The van der Waals surface area contributed by atoms with E-state index in [-0.39, 0.29) is 11.9 Å². The molecular formula is C11H14ClIN2O. The Morgan fingerprint density at radius 3 is 2.75 bits per heavy atom. The van der Waals surface area contributed by atoms with E-state index in [1.807, 2.05) is 13.0 Å². The van der Waals surface area contributed by atoms with E-state index >= 15 is 0 Å². The number of halogens is 2. The van der Waals surface area contributed by atoms with E-state index < -0.39 is 0 Å². The van der Waals surface area contributed by atoms with E-state index in [2.05, 4.69) is 22.6 Å². The van der Waals surface area contributed by atoms with Gasteiger partial charge in [0.1, 0.15) is 0 Å². The largest absolute Gasteiger partial charge is 0.338 e. The van der Waals surface area contributed by atoms with Crippen LogP contribution < -0.4 is 5.73 Å². The molecule has 1 amide bonds. The van der Waals surface area contributed by atoms with Gasteiger partial charge in [-0.3, -0.25) is 4.79 Å². The molecule has 3 nitrogen and oxygen atoms in total. The van der Waals surface area contributed by atoms with Gasteiger partial charge in [0.2, 0.25) is 0 Å². The van der Waals surface area contributed by atoms with Crippen LogP contribution in [0.5, 0.6) is 0 Å². The monoisotopic (exact) mass is 352 g/mol. The minimum absolute atomic E-state index is 0.00263. The van der Waals surface area contributed by atoms with Gasteiger partial charge in [-0.1, -0.05) is 11.6 Å². The fourth-order valence-electron chi connectivity index (χ4n) is 1.21. The second kappa shape index (κ2) is 5.84. The molecule has 1 unspecified atom stereocenters. The van der Waals surface area contributed by atoms with Crippen LogP contribution >= 0.6 is 34.2 Å². The molecule has 0 spiro atoms. The minimum Gasteiger partial charge on any atom is -0.338 e. The van der Waals surface area contributed by atoms with Crippen LogP contribution in [0.25, 0.3) is 0 Å². The van der Waals surface area contributed by atoms with E-state index in [0.29, 0.717) is 17.1 Å². The molecular weight excluding hydrogens is 338 g/mol. The second-order valence-corrected chi connectivity index (χ2v) is 5.28. The maximum atomic E-state index is 12.1. The van der Waals surface area contributed by atoms with Crippen LogP contribution in [0.2, 0.25) is 5.02 Å². The molecule has 0 radical (unpaired) electrons. The summed E-state index contributed by atoms with van der Waals surface area (Å²) in [6.07, 6.45) is 0. The van der Waals surface area contributed by atoms with Gasteiger partial charge in [-0.25, -0.2) is 0 Å². The van der Waals surface area contributed by atoms with Gasteiger partial charge in [0.15, 0.2) is 0 Å². The normalized spacial score (nSPS) is 12.3. The lowest BCUT2D eigenvalue weighted by Crippen LogP contribution is -2.39. The molecule has 0 aliphatic rings. The van der Waals surface area contributed by atoms with Crippen LogP contribution in [0, 0.1) is 3.57 Å². The summed E-state index contributed by atoms with van der Waals surface area (Å²) in [6, 6.07) is 5.38. The highest BCUT2D eigenvalue weighted by molar-refractivity contribution is 14.1. The van der Waals surface area contributed by atoms with Gasteiger partial charge < -0.3 is 10.6 Å². The van der Waals surface area contributed by atoms with Gasteiger partial charge >= 0.3 is 0 Å². The first-order valence-electron chi connectivity index (χ1n) is 4.89. The van der Waals surface area contributed by atoms with Crippen molar-refractivity contribution >= 4 is 40.1 Å². The molecule has 0 bridgehead atoms. The maximum Gasteiger partial charge on any atom is 0.255 e. The van der Waals surface area contributed by atoms with E-state index in [9.17, 15) is 4.79 Å². The quantitative estimate of drug-likeness (QED) is 0.849. The highest BCUT2D eigenvalue weighted by atomic mass is 127. The van der Waals surface area contributed by atoms with Gasteiger partial charge in [-0.15, -0.1) is 0 Å². The maximum absolute atomic E-state index is 12.1. The number of hydrogen-bond donors (Lipinski definition) is 1. The zero-order chi connectivity index (χ0) is 12.3. The number of nitrogens with two attached hydrogens (primary N) is 1. The summed E-state index contributed by atoms with van der Waals surface area (Å²) in [6.45, 7) is 2.34. The average molecular weight is 353 g/mol. The van der Waals surface area contributed by atoms with Crippen molar-refractivity contribution in [3.05, 3.63) is 32.4 Å². The van der Waals surface area contributed by atoms with Crippen LogP contribution in [0.3, 0.4) is 0 Å². The number of benzene rings is 1. The molecule has 0 fully saturated rings. The fourth-order valence-corrected chi connectivity index (χ4v) is 2.15. The average Bonchev–Trinajstić information content (AvgIpc) is 2.26. The third kappa shape index (κ3) is 3.09. The first kappa shape index (κ1) is 13.7. The molecule has 2 N–H and O–H groups in total. The fraction of sp³-hybridized carbons (Fsp3) is 0.364. The molecule has 1 atom stereocenters. The number of carbonyl (C=O) groups is 1. The molecule has 1 rings (SSSR count). The Morgan fingerprint density at radius 1 is 1.62 bits per heavy atom. The summed E-state index contributed by atoms with van der Waals surface area (Å²) in [5.74, 6) is -0.0978. The van der Waals surface area contributed by atoms with Crippen molar-refractivity contribution in [2.45, 2.75) is 13.0 Å². The molecule has 0 aliphatic heterocycles. The lowest BCUT2D eigenvalue weighted by Gasteiger charge is -2.24. The summed E-state index contributed by atoms with van der Waals surface area (Å²) >= 11 is 8.19. The number of likely N-dealkylation sites (N-methyl/N-ethyl adjacent to an activating group) is 1. The topological polar surface area (TPSA) is 46.3 Å². The van der Waals surface area contributed by atoms with Crippen molar-refractivity contribution in [3.8, 4) is 0 Å². The first-order chi connectivity index (χ1) is 7.47. The first-order valence-corrected chi connectivity index (χ1v) is 6.35. The van der Waals surface area contributed by atoms with E-state index in [0.717, 1.165) is 3.57 Å². The van der Waals surface area contributed by atoms with Crippen LogP contribution in [0.15, 0.2) is 18.2 Å². The Labute approximate surface area is 114 Å². The van der Waals surface area contributed by atoms with Crippen molar-refractivity contribution in [1.29, 1.82) is 0 Å². The molecule has 0 saturated heterocycles. The van der Waals surface area contributed by atoms with E-state index in [1.54, 1.807) is 24.1 Å². The van der Waals surface area contributed by atoms with Crippen LogP contribution in [-0.4, -0.2) is 30.4 Å². The summed E-state index contributed by atoms with van der Waals surface area (Å²) in [4.78, 5) is 13.7. The van der Waals surface area contributed by atoms with E-state index in [4.69, 9.17) is 17.3 Å². The van der Waals surface area contributed by atoms with Crippen molar-refractivity contribution in [3.63, 3.8) is 0 Å². The SMILES string of the molecule is CC(CN)N(C)C(=O)c1ccc(I)cc1Cl. The van der Waals surface area contributed by atoms with Crippen molar-refractivity contribution in [2.75, 3.05) is 13.6 Å². The number of carbonyl (C=O) groups excluding carboxylic acids is 1. The molecule has 0 aromatic heterocycles. The van der Waals surface area contributed by atoms with Crippen molar-refractivity contribution in [2.24, 2.45) is 5.73 Å². The van der Waals surface area contributed by atoms with Gasteiger partial charge in [0, 0.05) is 23.2 Å². The molecule has 88 valence electrons. The predicted molar refractivity (Wildman–Crippen MR) is 74.8 cm³/mol. The van der Waals surface area contributed by atoms with Crippen molar-refractivity contribution < 1.29 is 4.79 Å². The highest BCUT2D eigenvalue weighted by Gasteiger charge is 2.18. The Bertz CT molecular complexity index is 398. The van der Waals surface area contributed by atoms with E-state index in [1.165, 1.54) is 0 Å². The van der Waals surface area contributed by atoms with Crippen LogP contribution in [0.4, 0.5) is 0 Å². The third-order valence-corrected chi connectivity index (χ3v) is 3.47. The summed E-state index contributed by atoms with van der Waals surface area (Å²) < 4.78 is 1.01. The van der Waals surface area contributed by atoms with Crippen molar-refractivity contribution in [1.82, 2.24) is 4.90 Å². The molecule has 16 heavy (non-hydrogen) atoms. The molecule has 1 aromatic carbocycles. The zero-order valence-corrected chi connectivity index (χ0v) is 12.1. The number of amides is 1. The Morgan fingerprint density at radius 2 is 2.25 bits per heavy atom.